The van der Waals surface area contributed by atoms with Crippen LogP contribution in [0.3, 0.4) is 0 Å². The molecule has 2 aliphatic heterocycles. The molecule has 2 heterocycles. The summed E-state index contributed by atoms with van der Waals surface area (Å²) in [6.45, 7) is 9.87. The fourth-order valence-corrected chi connectivity index (χ4v) is 3.91. The van der Waals surface area contributed by atoms with Gasteiger partial charge in [-0.15, -0.1) is 0 Å². The second-order valence-electron chi connectivity index (χ2n) is 9.50. The highest BCUT2D eigenvalue weighted by atomic mass is 16.6. The minimum absolute atomic E-state index is 0.272. The Morgan fingerprint density at radius 3 is 2.10 bits per heavy atom. The Balaban J connectivity index is 1.38. The fourth-order valence-electron chi connectivity index (χ4n) is 3.91. The number of aliphatic hydroxyl groups is 1. The third-order valence-electron chi connectivity index (χ3n) is 5.70. The van der Waals surface area contributed by atoms with Gasteiger partial charge >= 0.3 is 12.2 Å². The van der Waals surface area contributed by atoms with Gasteiger partial charge in [-0.2, -0.15) is 0 Å². The first-order valence-electron chi connectivity index (χ1n) is 11.0. The predicted octanol–water partition coefficient (Wildman–Crippen LogP) is 2.70. The number of β-amino-alcohol motifs (C(OH)–C–C–N with tert-alkyl or cyclic N) is 1. The third-order valence-corrected chi connectivity index (χ3v) is 5.70. The number of carbonyl (C=O) groups is 2. The van der Waals surface area contributed by atoms with Crippen molar-refractivity contribution in [2.75, 3.05) is 45.8 Å². The molecular formula is C23H35N3O5. The molecule has 172 valence electrons. The molecule has 2 amide bonds. The lowest BCUT2D eigenvalue weighted by Crippen LogP contribution is -2.56. The molecular weight excluding hydrogens is 398 g/mol. The van der Waals surface area contributed by atoms with Crippen LogP contribution in [0.2, 0.25) is 0 Å². The van der Waals surface area contributed by atoms with Crippen LogP contribution >= 0.6 is 0 Å². The Morgan fingerprint density at radius 2 is 1.52 bits per heavy atom. The fraction of sp³-hybridized carbons (Fsp3) is 0.652. The second-order valence-corrected chi connectivity index (χ2v) is 9.50. The average molecular weight is 434 g/mol. The van der Waals surface area contributed by atoms with Gasteiger partial charge < -0.3 is 24.4 Å². The molecule has 2 saturated heterocycles. The van der Waals surface area contributed by atoms with Gasteiger partial charge in [-0.05, 0) is 39.2 Å². The molecule has 2 aliphatic rings. The maximum absolute atomic E-state index is 12.3. The van der Waals surface area contributed by atoms with Crippen LogP contribution in [-0.4, -0.2) is 89.0 Å². The molecule has 8 nitrogen and oxygen atoms in total. The van der Waals surface area contributed by atoms with E-state index >= 15 is 0 Å². The highest BCUT2D eigenvalue weighted by molar-refractivity contribution is 5.68. The molecule has 0 bridgehead atoms. The van der Waals surface area contributed by atoms with E-state index in [0.29, 0.717) is 58.7 Å². The van der Waals surface area contributed by atoms with Crippen LogP contribution in [0.1, 0.15) is 39.2 Å². The highest BCUT2D eigenvalue weighted by Crippen LogP contribution is 2.25. The molecule has 0 aromatic heterocycles. The molecule has 3 rings (SSSR count). The summed E-state index contributed by atoms with van der Waals surface area (Å²) in [5.41, 5.74) is -0.379. The monoisotopic (exact) mass is 433 g/mol. The van der Waals surface area contributed by atoms with Crippen LogP contribution < -0.4 is 0 Å². The molecule has 1 aromatic carbocycles. The zero-order valence-corrected chi connectivity index (χ0v) is 18.9. The van der Waals surface area contributed by atoms with Gasteiger partial charge in [0.05, 0.1) is 5.60 Å². The SMILES string of the molecule is CC(C)(C)OC(=O)N1CCC(O)(CN2CCN(C(=O)OCc3ccccc3)CC2)CC1. The number of carbonyl (C=O) groups excluding carboxylic acids is 2. The number of ether oxygens (including phenoxy) is 2. The van der Waals surface area contributed by atoms with E-state index in [1.165, 1.54) is 0 Å². The highest BCUT2D eigenvalue weighted by Gasteiger charge is 2.37. The lowest BCUT2D eigenvalue weighted by atomic mass is 9.90. The number of piperazine rings is 1. The van der Waals surface area contributed by atoms with E-state index in [1.807, 2.05) is 51.1 Å². The Bertz CT molecular complexity index is 733. The Labute approximate surface area is 184 Å². The van der Waals surface area contributed by atoms with Crippen molar-refractivity contribution in [3.8, 4) is 0 Å². The number of benzene rings is 1. The molecule has 0 unspecified atom stereocenters. The van der Waals surface area contributed by atoms with Crippen LogP contribution in [0.15, 0.2) is 30.3 Å². The number of rotatable bonds is 4. The summed E-state index contributed by atoms with van der Waals surface area (Å²) < 4.78 is 10.8. The molecule has 0 aliphatic carbocycles. The van der Waals surface area contributed by atoms with E-state index < -0.39 is 11.2 Å². The van der Waals surface area contributed by atoms with Crippen molar-refractivity contribution in [2.45, 2.75) is 51.4 Å². The minimum Gasteiger partial charge on any atom is -0.445 e. The van der Waals surface area contributed by atoms with Crippen molar-refractivity contribution in [3.63, 3.8) is 0 Å². The van der Waals surface area contributed by atoms with Crippen molar-refractivity contribution in [2.24, 2.45) is 0 Å². The van der Waals surface area contributed by atoms with Crippen molar-refractivity contribution in [3.05, 3.63) is 35.9 Å². The molecule has 0 radical (unpaired) electrons. The van der Waals surface area contributed by atoms with Crippen molar-refractivity contribution >= 4 is 12.2 Å². The van der Waals surface area contributed by atoms with Crippen molar-refractivity contribution < 1.29 is 24.2 Å². The van der Waals surface area contributed by atoms with E-state index in [1.54, 1.807) is 9.80 Å². The molecule has 0 atom stereocenters. The molecule has 0 spiro atoms. The number of likely N-dealkylation sites (tertiary alicyclic amines) is 1. The summed E-state index contributed by atoms with van der Waals surface area (Å²) in [5.74, 6) is 0. The van der Waals surface area contributed by atoms with Gasteiger partial charge in [0.2, 0.25) is 0 Å². The molecule has 8 heteroatoms. The van der Waals surface area contributed by atoms with E-state index in [0.717, 1.165) is 5.56 Å². The number of nitrogens with zero attached hydrogens (tertiary/aromatic N) is 3. The first-order chi connectivity index (χ1) is 14.6. The molecule has 2 fully saturated rings. The van der Waals surface area contributed by atoms with Crippen LogP contribution in [-0.2, 0) is 16.1 Å². The van der Waals surface area contributed by atoms with E-state index in [-0.39, 0.29) is 18.8 Å². The molecule has 31 heavy (non-hydrogen) atoms. The number of hydrogen-bond acceptors (Lipinski definition) is 6. The molecule has 1 aromatic rings. The topological polar surface area (TPSA) is 82.5 Å². The second kappa shape index (κ2) is 9.87. The number of amides is 2. The summed E-state index contributed by atoms with van der Waals surface area (Å²) in [6, 6.07) is 9.63. The summed E-state index contributed by atoms with van der Waals surface area (Å²) in [4.78, 5) is 30.1. The quantitative estimate of drug-likeness (QED) is 0.786. The first-order valence-corrected chi connectivity index (χ1v) is 11.0. The molecule has 0 saturated carbocycles. The predicted molar refractivity (Wildman–Crippen MR) is 117 cm³/mol. The maximum atomic E-state index is 12.3. The number of piperidine rings is 1. The molecule has 1 N–H and O–H groups in total. The van der Waals surface area contributed by atoms with E-state index in [9.17, 15) is 14.7 Å². The first kappa shape index (κ1) is 23.3. The standard InChI is InChI=1S/C23H35N3O5/c1-22(2,3)31-21(28)25-11-9-23(29,10-12-25)18-24-13-15-26(16-14-24)20(27)30-17-19-7-5-4-6-8-19/h4-8,29H,9-18H2,1-3H3. The zero-order valence-electron chi connectivity index (χ0n) is 18.9. The van der Waals surface area contributed by atoms with Gasteiger partial charge in [0, 0.05) is 45.8 Å². The Hall–Kier alpha value is -2.32. The lowest BCUT2D eigenvalue weighted by Gasteiger charge is -2.43. The van der Waals surface area contributed by atoms with Gasteiger partial charge in [0.1, 0.15) is 12.2 Å². The van der Waals surface area contributed by atoms with Gasteiger partial charge in [-0.25, -0.2) is 9.59 Å². The third kappa shape index (κ3) is 7.11. The average Bonchev–Trinajstić information content (AvgIpc) is 2.72. The van der Waals surface area contributed by atoms with Crippen molar-refractivity contribution in [1.82, 2.24) is 14.7 Å². The van der Waals surface area contributed by atoms with Crippen molar-refractivity contribution in [1.29, 1.82) is 0 Å². The summed E-state index contributed by atoms with van der Waals surface area (Å²) in [6.07, 6.45) is 0.419. The Morgan fingerprint density at radius 1 is 0.935 bits per heavy atom. The number of hydrogen-bond donors (Lipinski definition) is 1. The summed E-state index contributed by atoms with van der Waals surface area (Å²) >= 11 is 0. The summed E-state index contributed by atoms with van der Waals surface area (Å²) in [7, 11) is 0. The van der Waals surface area contributed by atoms with Crippen LogP contribution in [0.5, 0.6) is 0 Å². The van der Waals surface area contributed by atoms with E-state index in [2.05, 4.69) is 4.90 Å². The minimum atomic E-state index is -0.825. The van der Waals surface area contributed by atoms with Crippen LogP contribution in [0, 0.1) is 0 Å². The summed E-state index contributed by atoms with van der Waals surface area (Å²) in [5, 5.41) is 11.0. The Kier molecular flexibility index (Phi) is 7.43. The van der Waals surface area contributed by atoms with E-state index in [4.69, 9.17) is 9.47 Å². The maximum Gasteiger partial charge on any atom is 0.410 e. The van der Waals surface area contributed by atoms with Gasteiger partial charge in [-0.1, -0.05) is 30.3 Å². The van der Waals surface area contributed by atoms with Gasteiger partial charge in [0.15, 0.2) is 0 Å². The smallest absolute Gasteiger partial charge is 0.410 e. The van der Waals surface area contributed by atoms with Gasteiger partial charge in [0.25, 0.3) is 0 Å². The zero-order chi connectivity index (χ0) is 22.5. The van der Waals surface area contributed by atoms with Crippen LogP contribution in [0.4, 0.5) is 9.59 Å². The normalized spacial score (nSPS) is 19.7. The van der Waals surface area contributed by atoms with Crippen LogP contribution in [0.25, 0.3) is 0 Å². The largest absolute Gasteiger partial charge is 0.445 e. The lowest BCUT2D eigenvalue weighted by molar-refractivity contribution is -0.0553. The van der Waals surface area contributed by atoms with Gasteiger partial charge in [-0.3, -0.25) is 4.90 Å².